The summed E-state index contributed by atoms with van der Waals surface area (Å²) in [7, 11) is 0. The van der Waals surface area contributed by atoms with Gasteiger partial charge in [-0.2, -0.15) is 0 Å². The Morgan fingerprint density at radius 3 is 2.28 bits per heavy atom. The van der Waals surface area contributed by atoms with Crippen molar-refractivity contribution in [2.45, 2.75) is 71.1 Å². The monoisotopic (exact) mass is 643 g/mol. The van der Waals surface area contributed by atoms with Gasteiger partial charge in [0, 0.05) is 37.6 Å². The average molecular weight is 644 g/mol. The van der Waals surface area contributed by atoms with Crippen LogP contribution in [-0.2, 0) is 19.1 Å². The number of benzene rings is 2. The van der Waals surface area contributed by atoms with Crippen LogP contribution in [0.2, 0.25) is 0 Å². The predicted molar refractivity (Wildman–Crippen MR) is 183 cm³/mol. The molecule has 3 aliphatic heterocycles. The molecule has 47 heavy (non-hydrogen) atoms. The summed E-state index contributed by atoms with van der Waals surface area (Å²) in [5, 5.41) is 9.58. The fourth-order valence-corrected chi connectivity index (χ4v) is 8.34. The van der Waals surface area contributed by atoms with Crippen molar-refractivity contribution in [1.29, 1.82) is 0 Å². The molecule has 9 heteroatoms. The lowest BCUT2D eigenvalue weighted by molar-refractivity contribution is -0.145. The molecule has 9 nitrogen and oxygen atoms in total. The van der Waals surface area contributed by atoms with Crippen LogP contribution in [0.4, 0.5) is 11.4 Å². The maximum absolute atomic E-state index is 15.0. The number of fused-ring (bicyclic) bond motifs is 1. The second kappa shape index (κ2) is 13.6. The summed E-state index contributed by atoms with van der Waals surface area (Å²) < 4.78 is 12.6. The third kappa shape index (κ3) is 5.67. The predicted octanol–water partition coefficient (Wildman–Crippen LogP) is 5.22. The minimum Gasteiger partial charge on any atom is -0.494 e. The number of carbonyl (C=O) groups excluding carboxylic acids is 3. The van der Waals surface area contributed by atoms with E-state index < -0.39 is 29.1 Å². The van der Waals surface area contributed by atoms with Gasteiger partial charge in [-0.1, -0.05) is 37.3 Å². The van der Waals surface area contributed by atoms with E-state index in [0.29, 0.717) is 37.3 Å². The van der Waals surface area contributed by atoms with Crippen molar-refractivity contribution in [1.82, 2.24) is 4.90 Å². The third-order valence-electron chi connectivity index (χ3n) is 10.4. The fourth-order valence-electron chi connectivity index (χ4n) is 8.34. The smallest absolute Gasteiger partial charge is 0.253 e. The van der Waals surface area contributed by atoms with Crippen molar-refractivity contribution in [3.63, 3.8) is 0 Å². The Morgan fingerprint density at radius 2 is 1.68 bits per heavy atom. The maximum atomic E-state index is 15.0. The normalized spacial score (nSPS) is 27.4. The number of hydrogen-bond acceptors (Lipinski definition) is 6. The Hall–Kier alpha value is -3.95. The van der Waals surface area contributed by atoms with Gasteiger partial charge in [0.15, 0.2) is 0 Å². The largest absolute Gasteiger partial charge is 0.494 e. The molecule has 1 spiro atoms. The van der Waals surface area contributed by atoms with Crippen molar-refractivity contribution < 1.29 is 29.0 Å². The second-order valence-corrected chi connectivity index (χ2v) is 13.3. The van der Waals surface area contributed by atoms with Gasteiger partial charge in [0.25, 0.3) is 5.91 Å². The molecule has 2 bridgehead atoms. The first-order valence-electron chi connectivity index (χ1n) is 16.8. The van der Waals surface area contributed by atoms with Gasteiger partial charge in [-0.3, -0.25) is 14.4 Å². The lowest BCUT2D eigenvalue weighted by Gasteiger charge is -2.39. The lowest BCUT2D eigenvalue weighted by Crippen LogP contribution is -2.57. The summed E-state index contributed by atoms with van der Waals surface area (Å²) in [4.78, 5) is 49.6. The van der Waals surface area contributed by atoms with Crippen molar-refractivity contribution in [3.8, 4) is 5.75 Å². The summed E-state index contributed by atoms with van der Waals surface area (Å²) in [6.07, 6.45) is 4.83. The number of anilines is 2. The van der Waals surface area contributed by atoms with Gasteiger partial charge in [-0.05, 0) is 88.3 Å². The Morgan fingerprint density at radius 1 is 1.04 bits per heavy atom. The molecule has 3 saturated heterocycles. The van der Waals surface area contributed by atoms with Crippen molar-refractivity contribution >= 4 is 29.1 Å². The molecule has 3 aliphatic rings. The molecular weight excluding hydrogens is 594 g/mol. The summed E-state index contributed by atoms with van der Waals surface area (Å²) in [6.45, 7) is 18.9. The number of aliphatic hydroxyl groups excluding tert-OH is 1. The number of ether oxygens (including phenoxy) is 2. The first kappa shape index (κ1) is 34.4. The number of aliphatic hydroxyl groups is 1. The van der Waals surface area contributed by atoms with Crippen molar-refractivity contribution in [2.75, 3.05) is 42.6 Å². The van der Waals surface area contributed by atoms with Gasteiger partial charge >= 0.3 is 0 Å². The van der Waals surface area contributed by atoms with E-state index in [1.807, 2.05) is 77.1 Å². The molecule has 3 amide bonds. The molecule has 3 unspecified atom stereocenters. The molecule has 5 rings (SSSR count). The van der Waals surface area contributed by atoms with E-state index in [4.69, 9.17) is 9.47 Å². The fraction of sp³-hybridized carbons (Fsp3) is 0.500. The zero-order chi connectivity index (χ0) is 34.1. The van der Waals surface area contributed by atoms with E-state index in [0.717, 1.165) is 16.8 Å². The zero-order valence-corrected chi connectivity index (χ0v) is 28.4. The first-order valence-corrected chi connectivity index (χ1v) is 16.8. The Labute approximate surface area is 278 Å². The first-order chi connectivity index (χ1) is 22.5. The number of amides is 3. The van der Waals surface area contributed by atoms with E-state index in [1.54, 1.807) is 26.9 Å². The standard InChI is InChI=1S/C38H49N3O6/c1-8-20-39(28-16-18-29(19-17-28)46-10-3)34(43)30-31-35(44)41(22-11-12-23-42)33(38(31)24-27(6)37(30,7)47-38)36(45)40(21-9-2)32-25(4)14-13-15-26(32)5/h8-9,13-19,27,30-31,33,42H,1-2,10-12,20-24H2,3-7H3/t27?,30-,31-,33?,37+,38?/m0/s1. The van der Waals surface area contributed by atoms with Gasteiger partial charge in [0.1, 0.15) is 17.4 Å². The number of hydrogen-bond donors (Lipinski definition) is 1. The summed E-state index contributed by atoms with van der Waals surface area (Å²) in [5.74, 6) is -1.81. The number of carbonyl (C=O) groups is 3. The Kier molecular flexibility index (Phi) is 9.99. The molecule has 0 aliphatic carbocycles. The van der Waals surface area contributed by atoms with Gasteiger partial charge in [0.05, 0.1) is 24.0 Å². The number of para-hydroxylation sites is 1. The second-order valence-electron chi connectivity index (χ2n) is 13.3. The number of unbranched alkanes of at least 4 members (excludes halogenated alkanes) is 1. The number of nitrogens with zero attached hydrogens (tertiary/aromatic N) is 3. The molecule has 2 aromatic rings. The van der Waals surface area contributed by atoms with E-state index >= 15 is 4.79 Å². The van der Waals surface area contributed by atoms with E-state index in [9.17, 15) is 14.7 Å². The molecule has 0 radical (unpaired) electrons. The molecular formula is C38H49N3O6. The topological polar surface area (TPSA) is 99.6 Å². The van der Waals surface area contributed by atoms with Crippen LogP contribution in [0.25, 0.3) is 0 Å². The highest BCUT2D eigenvalue weighted by Gasteiger charge is 2.80. The SMILES string of the molecule is C=CCN(C(=O)[C@@H]1[C@H]2C(=O)N(CCCCO)C(C(=O)N(CC=C)c3c(C)cccc3C)C23CC(C)[C@@]1(C)O3)c1ccc(OCC)cc1. The molecule has 0 aromatic heterocycles. The molecule has 0 saturated carbocycles. The number of rotatable bonds is 14. The van der Waals surface area contributed by atoms with Crippen molar-refractivity contribution in [3.05, 3.63) is 78.9 Å². The van der Waals surface area contributed by atoms with Crippen LogP contribution >= 0.6 is 0 Å². The lowest BCUT2D eigenvalue weighted by atomic mass is 9.62. The van der Waals surface area contributed by atoms with Crippen LogP contribution in [-0.4, -0.2) is 77.8 Å². The molecule has 3 fully saturated rings. The van der Waals surface area contributed by atoms with Crippen LogP contribution in [0.15, 0.2) is 67.8 Å². The van der Waals surface area contributed by atoms with Crippen molar-refractivity contribution in [2.24, 2.45) is 17.8 Å². The highest BCUT2D eigenvalue weighted by Crippen LogP contribution is 2.65. The highest BCUT2D eigenvalue weighted by atomic mass is 16.5. The van der Waals surface area contributed by atoms with Gasteiger partial charge in [0.2, 0.25) is 11.8 Å². The Balaban J connectivity index is 1.61. The zero-order valence-electron chi connectivity index (χ0n) is 28.4. The van der Waals surface area contributed by atoms with Gasteiger partial charge < -0.3 is 29.3 Å². The summed E-state index contributed by atoms with van der Waals surface area (Å²) in [6, 6.07) is 12.3. The van der Waals surface area contributed by atoms with Gasteiger partial charge in [-0.15, -0.1) is 13.2 Å². The molecule has 3 heterocycles. The molecule has 2 aromatic carbocycles. The van der Waals surface area contributed by atoms with Gasteiger partial charge in [-0.25, -0.2) is 0 Å². The average Bonchev–Trinajstić information content (AvgIpc) is 3.55. The van der Waals surface area contributed by atoms with E-state index in [2.05, 4.69) is 13.2 Å². The molecule has 6 atom stereocenters. The summed E-state index contributed by atoms with van der Waals surface area (Å²) in [5.41, 5.74) is 1.15. The van der Waals surface area contributed by atoms with Crippen LogP contribution in [0, 0.1) is 31.6 Å². The maximum Gasteiger partial charge on any atom is 0.253 e. The minimum atomic E-state index is -1.20. The quantitative estimate of drug-likeness (QED) is 0.224. The van der Waals surface area contributed by atoms with Crippen LogP contribution < -0.4 is 14.5 Å². The van der Waals surface area contributed by atoms with E-state index in [1.165, 1.54) is 0 Å². The molecule has 1 N–H and O–H groups in total. The summed E-state index contributed by atoms with van der Waals surface area (Å²) >= 11 is 0. The van der Waals surface area contributed by atoms with Crippen LogP contribution in [0.1, 0.15) is 51.2 Å². The minimum absolute atomic E-state index is 0.0223. The van der Waals surface area contributed by atoms with E-state index in [-0.39, 0.29) is 49.9 Å². The highest BCUT2D eigenvalue weighted by molar-refractivity contribution is 6.07. The number of likely N-dealkylation sites (tertiary alicyclic amines) is 1. The Bertz CT molecular complexity index is 1500. The third-order valence-corrected chi connectivity index (χ3v) is 10.4. The molecule has 252 valence electrons. The van der Waals surface area contributed by atoms with Crippen LogP contribution in [0.5, 0.6) is 5.75 Å². The van der Waals surface area contributed by atoms with Crippen LogP contribution in [0.3, 0.4) is 0 Å². The number of aryl methyl sites for hydroxylation is 2.